The topological polar surface area (TPSA) is 68.6 Å². The van der Waals surface area contributed by atoms with Crippen LogP contribution in [-0.4, -0.2) is 26.8 Å². The minimum atomic E-state index is -0.572. The molecule has 1 aromatic rings. The van der Waals surface area contributed by atoms with E-state index >= 15 is 0 Å². The number of ether oxygens (including phenoxy) is 3. The lowest BCUT2D eigenvalue weighted by Gasteiger charge is -2.12. The number of carbonyl (C=O) groups is 1. The number of benzene rings is 1. The minimum absolute atomic E-state index is 0.0721. The highest BCUT2D eigenvalue weighted by Crippen LogP contribution is 2.43. The molecule has 1 aromatic carbocycles. The molecule has 2 rings (SSSR count). The van der Waals surface area contributed by atoms with Crippen LogP contribution in [0.25, 0.3) is 5.57 Å². The van der Waals surface area contributed by atoms with Gasteiger partial charge in [0.05, 0.1) is 20.8 Å². The highest BCUT2D eigenvalue weighted by Gasteiger charge is 2.28. The number of hydrogen-bond donors (Lipinski definition) is 0. The fraction of sp³-hybridized carbons (Fsp3) is 0.375. The molecule has 0 N–H and O–H groups in total. The van der Waals surface area contributed by atoms with Crippen molar-refractivity contribution in [3.8, 4) is 17.6 Å². The Morgan fingerprint density at radius 1 is 1.29 bits per heavy atom. The first-order chi connectivity index (χ1) is 10.2. The molecular formula is C16H17NO4. The lowest BCUT2D eigenvalue weighted by molar-refractivity contribution is -0.137. The predicted molar refractivity (Wildman–Crippen MR) is 77.0 cm³/mol. The molecule has 0 atom stereocenters. The quantitative estimate of drug-likeness (QED) is 0.483. The number of hydrogen-bond acceptors (Lipinski definition) is 5. The number of allylic oxidation sites excluding steroid dienone is 1. The van der Waals surface area contributed by atoms with Crippen LogP contribution in [0.5, 0.6) is 11.5 Å². The van der Waals surface area contributed by atoms with Crippen LogP contribution >= 0.6 is 0 Å². The third-order valence-corrected chi connectivity index (χ3v) is 3.49. The van der Waals surface area contributed by atoms with E-state index < -0.39 is 5.97 Å². The van der Waals surface area contributed by atoms with Gasteiger partial charge >= 0.3 is 5.97 Å². The molecule has 21 heavy (non-hydrogen) atoms. The lowest BCUT2D eigenvalue weighted by Crippen LogP contribution is -2.08. The SMILES string of the molecule is CCOC(=O)/C(C#N)=C1\CCc2c1ccc(OC)c2OC. The number of nitriles is 1. The number of carbonyl (C=O) groups excluding carboxylic acids is 1. The highest BCUT2D eigenvalue weighted by molar-refractivity contribution is 6.03. The monoisotopic (exact) mass is 287 g/mol. The third-order valence-electron chi connectivity index (χ3n) is 3.49. The second-order valence-electron chi connectivity index (χ2n) is 4.51. The summed E-state index contributed by atoms with van der Waals surface area (Å²) in [5.41, 5.74) is 2.61. The van der Waals surface area contributed by atoms with E-state index in [-0.39, 0.29) is 12.2 Å². The fourth-order valence-electron chi connectivity index (χ4n) is 2.61. The second kappa shape index (κ2) is 6.31. The van der Waals surface area contributed by atoms with Crippen molar-refractivity contribution in [2.24, 2.45) is 0 Å². The zero-order chi connectivity index (χ0) is 15.4. The van der Waals surface area contributed by atoms with Gasteiger partial charge in [0.25, 0.3) is 0 Å². The van der Waals surface area contributed by atoms with Crippen LogP contribution in [-0.2, 0) is 16.0 Å². The largest absolute Gasteiger partial charge is 0.493 e. The standard InChI is InChI=1S/C16H17NO4/c1-4-21-16(18)13(9-17)11-5-6-12-10(11)7-8-14(19-2)15(12)20-3/h7-8H,4-6H2,1-3H3/b13-11+. The van der Waals surface area contributed by atoms with Gasteiger partial charge in [-0.05, 0) is 37.0 Å². The Hall–Kier alpha value is -2.48. The third kappa shape index (κ3) is 2.57. The number of methoxy groups -OCH3 is 2. The molecule has 0 heterocycles. The Morgan fingerprint density at radius 3 is 2.62 bits per heavy atom. The van der Waals surface area contributed by atoms with E-state index in [4.69, 9.17) is 14.2 Å². The average molecular weight is 287 g/mol. The van der Waals surface area contributed by atoms with Crippen LogP contribution in [0.4, 0.5) is 0 Å². The normalized spacial score (nSPS) is 15.0. The maximum atomic E-state index is 11.9. The Labute approximate surface area is 123 Å². The van der Waals surface area contributed by atoms with Crippen molar-refractivity contribution in [1.29, 1.82) is 5.26 Å². The molecule has 5 heteroatoms. The van der Waals surface area contributed by atoms with Crippen LogP contribution < -0.4 is 9.47 Å². The van der Waals surface area contributed by atoms with Gasteiger partial charge in [0.2, 0.25) is 0 Å². The summed E-state index contributed by atoms with van der Waals surface area (Å²) >= 11 is 0. The molecule has 0 radical (unpaired) electrons. The van der Waals surface area contributed by atoms with Gasteiger partial charge < -0.3 is 14.2 Å². The van der Waals surface area contributed by atoms with Crippen molar-refractivity contribution < 1.29 is 19.0 Å². The van der Waals surface area contributed by atoms with E-state index in [2.05, 4.69) is 0 Å². The Kier molecular flexibility index (Phi) is 4.49. The van der Waals surface area contributed by atoms with Crippen molar-refractivity contribution >= 4 is 11.5 Å². The van der Waals surface area contributed by atoms with Crippen LogP contribution in [0, 0.1) is 11.3 Å². The van der Waals surface area contributed by atoms with Gasteiger partial charge in [-0.25, -0.2) is 4.79 Å². The van der Waals surface area contributed by atoms with Crippen LogP contribution in [0.1, 0.15) is 24.5 Å². The first-order valence-corrected chi connectivity index (χ1v) is 6.72. The molecule has 0 unspecified atom stereocenters. The van der Waals surface area contributed by atoms with E-state index in [0.717, 1.165) is 11.1 Å². The Bertz CT molecular complexity index is 640. The summed E-state index contributed by atoms with van der Waals surface area (Å²) in [6.07, 6.45) is 1.32. The number of nitrogens with zero attached hydrogens (tertiary/aromatic N) is 1. The maximum Gasteiger partial charge on any atom is 0.349 e. The Balaban J connectivity index is 2.56. The first-order valence-electron chi connectivity index (χ1n) is 6.72. The van der Waals surface area contributed by atoms with E-state index in [9.17, 15) is 10.1 Å². The highest BCUT2D eigenvalue weighted by atomic mass is 16.5. The first kappa shape index (κ1) is 14.9. The molecule has 0 saturated heterocycles. The van der Waals surface area contributed by atoms with Gasteiger partial charge in [0.1, 0.15) is 11.6 Å². The van der Waals surface area contributed by atoms with Gasteiger partial charge in [-0.15, -0.1) is 0 Å². The van der Waals surface area contributed by atoms with Crippen molar-refractivity contribution in [3.63, 3.8) is 0 Å². The van der Waals surface area contributed by atoms with Gasteiger partial charge in [-0.2, -0.15) is 5.26 Å². The van der Waals surface area contributed by atoms with Crippen LogP contribution in [0.15, 0.2) is 17.7 Å². The summed E-state index contributed by atoms with van der Waals surface area (Å²) in [5, 5.41) is 9.27. The van der Waals surface area contributed by atoms with Crippen molar-refractivity contribution in [2.75, 3.05) is 20.8 Å². The summed E-state index contributed by atoms with van der Waals surface area (Å²) in [4.78, 5) is 11.9. The van der Waals surface area contributed by atoms with E-state index in [1.165, 1.54) is 0 Å². The zero-order valence-electron chi connectivity index (χ0n) is 12.4. The van der Waals surface area contributed by atoms with Crippen molar-refractivity contribution in [3.05, 3.63) is 28.8 Å². The number of fused-ring (bicyclic) bond motifs is 1. The second-order valence-corrected chi connectivity index (χ2v) is 4.51. The van der Waals surface area contributed by atoms with Gasteiger partial charge in [-0.3, -0.25) is 0 Å². The molecule has 0 bridgehead atoms. The number of rotatable bonds is 4. The molecule has 1 aliphatic rings. The molecule has 0 aromatic heterocycles. The summed E-state index contributed by atoms with van der Waals surface area (Å²) in [6, 6.07) is 5.61. The van der Waals surface area contributed by atoms with Crippen LogP contribution in [0.2, 0.25) is 0 Å². The molecule has 1 aliphatic carbocycles. The van der Waals surface area contributed by atoms with Gasteiger partial charge in [-0.1, -0.05) is 6.07 Å². The van der Waals surface area contributed by atoms with E-state index in [1.807, 2.05) is 12.1 Å². The summed E-state index contributed by atoms with van der Waals surface area (Å²) in [7, 11) is 3.16. The van der Waals surface area contributed by atoms with E-state index in [1.54, 1.807) is 27.2 Å². The molecule has 0 fully saturated rings. The molecule has 0 amide bonds. The Morgan fingerprint density at radius 2 is 2.05 bits per heavy atom. The average Bonchev–Trinajstić information content (AvgIpc) is 2.91. The molecule has 0 saturated carbocycles. The van der Waals surface area contributed by atoms with Gasteiger partial charge in [0.15, 0.2) is 11.5 Å². The molecule has 0 spiro atoms. The van der Waals surface area contributed by atoms with Crippen molar-refractivity contribution in [1.82, 2.24) is 0 Å². The molecule has 110 valence electrons. The van der Waals surface area contributed by atoms with E-state index in [0.29, 0.717) is 29.9 Å². The summed E-state index contributed by atoms with van der Waals surface area (Å²) < 4.78 is 15.6. The minimum Gasteiger partial charge on any atom is -0.493 e. The lowest BCUT2D eigenvalue weighted by atomic mass is 10.0. The summed E-state index contributed by atoms with van der Waals surface area (Å²) in [6.45, 7) is 1.96. The molecular weight excluding hydrogens is 270 g/mol. The molecule has 5 nitrogen and oxygen atoms in total. The predicted octanol–water partition coefficient (Wildman–Crippen LogP) is 2.49. The number of esters is 1. The zero-order valence-corrected chi connectivity index (χ0v) is 12.4. The van der Waals surface area contributed by atoms with Crippen molar-refractivity contribution in [2.45, 2.75) is 19.8 Å². The van der Waals surface area contributed by atoms with Crippen LogP contribution in [0.3, 0.4) is 0 Å². The maximum absolute atomic E-state index is 11.9. The van der Waals surface area contributed by atoms with Gasteiger partial charge in [0, 0.05) is 5.56 Å². The fourth-order valence-corrected chi connectivity index (χ4v) is 2.61. The smallest absolute Gasteiger partial charge is 0.349 e. The molecule has 0 aliphatic heterocycles. The summed E-state index contributed by atoms with van der Waals surface area (Å²) in [5.74, 6) is 0.732.